The Labute approximate surface area is 116 Å². The van der Waals surface area contributed by atoms with Crippen LogP contribution in [0.5, 0.6) is 0 Å². The van der Waals surface area contributed by atoms with Crippen molar-refractivity contribution in [2.75, 3.05) is 6.61 Å². The van der Waals surface area contributed by atoms with Gasteiger partial charge in [0, 0.05) is 6.61 Å². The zero-order chi connectivity index (χ0) is 13.5. The summed E-state index contributed by atoms with van der Waals surface area (Å²) < 4.78 is 6.58. The number of hydrogen-bond donors (Lipinski definition) is 0. The fourth-order valence-corrected chi connectivity index (χ4v) is 9.86. The molecule has 0 N–H and O–H groups in total. The monoisotopic (exact) mass is 270 g/mol. The molecule has 1 aliphatic heterocycles. The summed E-state index contributed by atoms with van der Waals surface area (Å²) in [7, 11) is -1.19. The highest BCUT2D eigenvalue weighted by Crippen LogP contribution is 2.45. The van der Waals surface area contributed by atoms with E-state index in [1.165, 1.54) is 63.1 Å². The fourth-order valence-electron chi connectivity index (χ4n) is 4.11. The van der Waals surface area contributed by atoms with Gasteiger partial charge in [-0.2, -0.15) is 0 Å². The molecule has 0 radical (unpaired) electrons. The average molecular weight is 271 g/mol. The molecule has 1 atom stereocenters. The van der Waals surface area contributed by atoms with E-state index >= 15 is 0 Å². The molecule has 0 aliphatic carbocycles. The molecule has 18 heavy (non-hydrogen) atoms. The van der Waals surface area contributed by atoms with E-state index in [0.29, 0.717) is 5.22 Å². The summed E-state index contributed by atoms with van der Waals surface area (Å²) >= 11 is 0. The molecule has 108 valence electrons. The van der Waals surface area contributed by atoms with Crippen molar-refractivity contribution in [2.45, 2.75) is 96.0 Å². The molecule has 1 rings (SSSR count). The summed E-state index contributed by atoms with van der Waals surface area (Å²) in [6, 6.07) is 4.36. The van der Waals surface area contributed by atoms with Crippen molar-refractivity contribution in [1.29, 1.82) is 0 Å². The normalized spacial score (nSPS) is 27.3. The fraction of sp³-hybridized carbons (Fsp3) is 1.00. The Morgan fingerprint density at radius 3 is 2.28 bits per heavy atom. The van der Waals surface area contributed by atoms with Gasteiger partial charge in [0.15, 0.2) is 0 Å². The van der Waals surface area contributed by atoms with Gasteiger partial charge in [-0.1, -0.05) is 71.5 Å². The molecule has 0 amide bonds. The third kappa shape index (κ3) is 3.19. The van der Waals surface area contributed by atoms with Crippen molar-refractivity contribution in [3.05, 3.63) is 0 Å². The van der Waals surface area contributed by atoms with Gasteiger partial charge in [-0.3, -0.25) is 0 Å². The second-order valence-electron chi connectivity index (χ2n) is 6.10. The lowest BCUT2D eigenvalue weighted by Crippen LogP contribution is -2.61. The first-order valence-corrected chi connectivity index (χ1v) is 11.0. The van der Waals surface area contributed by atoms with Crippen molar-refractivity contribution in [3.8, 4) is 0 Å². The minimum Gasteiger partial charge on any atom is -0.378 e. The maximum Gasteiger partial charge on any atom is 0.0910 e. The molecule has 1 heterocycles. The second-order valence-corrected chi connectivity index (χ2v) is 11.5. The van der Waals surface area contributed by atoms with E-state index in [0.717, 1.165) is 6.61 Å². The van der Waals surface area contributed by atoms with E-state index in [1.54, 1.807) is 0 Å². The molecule has 0 aromatic carbocycles. The Balaban J connectivity index is 2.72. The van der Waals surface area contributed by atoms with Gasteiger partial charge in [-0.05, 0) is 19.3 Å². The third-order valence-corrected chi connectivity index (χ3v) is 12.2. The minimum atomic E-state index is -1.19. The number of hydrogen-bond acceptors (Lipinski definition) is 1. The van der Waals surface area contributed by atoms with E-state index in [4.69, 9.17) is 4.74 Å². The average Bonchev–Trinajstić information content (AvgIpc) is 2.44. The summed E-state index contributed by atoms with van der Waals surface area (Å²) in [5.74, 6) is 0. The van der Waals surface area contributed by atoms with Crippen molar-refractivity contribution in [3.63, 3.8) is 0 Å². The van der Waals surface area contributed by atoms with Crippen molar-refractivity contribution in [1.82, 2.24) is 0 Å². The summed E-state index contributed by atoms with van der Waals surface area (Å²) in [6.45, 7) is 10.5. The smallest absolute Gasteiger partial charge is 0.0910 e. The Bertz CT molecular complexity index is 225. The van der Waals surface area contributed by atoms with Crippen LogP contribution in [0.15, 0.2) is 0 Å². The highest BCUT2D eigenvalue weighted by Gasteiger charge is 2.51. The van der Waals surface area contributed by atoms with E-state index in [9.17, 15) is 0 Å². The summed E-state index contributed by atoms with van der Waals surface area (Å²) in [6.07, 6.45) is 9.36. The largest absolute Gasteiger partial charge is 0.378 e. The third-order valence-electron chi connectivity index (χ3n) is 5.50. The Kier molecular flexibility index (Phi) is 6.93. The molecular formula is C16H34OSi. The van der Waals surface area contributed by atoms with Gasteiger partial charge < -0.3 is 4.74 Å². The first kappa shape index (κ1) is 16.2. The summed E-state index contributed by atoms with van der Waals surface area (Å²) in [5.41, 5.74) is 0. The molecule has 2 heteroatoms. The molecule has 1 aliphatic rings. The first-order chi connectivity index (χ1) is 8.70. The zero-order valence-electron chi connectivity index (χ0n) is 13.2. The molecule has 1 fully saturated rings. The standard InChI is InChI=1S/C16H34OSi/c1-5-9-11-14-17-16(6-2)13-10-12-15-18(16,7-3)8-4/h5-15H2,1-4H3. The van der Waals surface area contributed by atoms with Crippen LogP contribution in [0.25, 0.3) is 0 Å². The molecule has 0 saturated carbocycles. The minimum absolute atomic E-state index is 0.322. The van der Waals surface area contributed by atoms with Gasteiger partial charge in [-0.25, -0.2) is 0 Å². The Hall–Kier alpha value is 0.177. The quantitative estimate of drug-likeness (QED) is 0.415. The van der Waals surface area contributed by atoms with Gasteiger partial charge >= 0.3 is 0 Å². The van der Waals surface area contributed by atoms with Crippen LogP contribution in [0.1, 0.15) is 72.6 Å². The molecule has 0 aromatic rings. The lowest BCUT2D eigenvalue weighted by molar-refractivity contribution is -0.00865. The predicted molar refractivity (Wildman–Crippen MR) is 83.9 cm³/mol. The first-order valence-electron chi connectivity index (χ1n) is 8.34. The molecule has 0 bridgehead atoms. The number of ether oxygens (including phenoxy) is 1. The van der Waals surface area contributed by atoms with Crippen molar-refractivity contribution < 1.29 is 4.74 Å². The van der Waals surface area contributed by atoms with Crippen LogP contribution in [0.4, 0.5) is 0 Å². The molecule has 1 unspecified atom stereocenters. The van der Waals surface area contributed by atoms with Gasteiger partial charge in [0.1, 0.15) is 0 Å². The van der Waals surface area contributed by atoms with Crippen molar-refractivity contribution in [2.24, 2.45) is 0 Å². The Morgan fingerprint density at radius 1 is 1.00 bits per heavy atom. The predicted octanol–water partition coefficient (Wildman–Crippen LogP) is 5.55. The number of rotatable bonds is 8. The van der Waals surface area contributed by atoms with Crippen LogP contribution in [0, 0.1) is 0 Å². The van der Waals surface area contributed by atoms with Crippen LogP contribution in [0.3, 0.4) is 0 Å². The van der Waals surface area contributed by atoms with Crippen LogP contribution >= 0.6 is 0 Å². The maximum atomic E-state index is 6.58. The van der Waals surface area contributed by atoms with E-state index in [1.807, 2.05) is 0 Å². The summed E-state index contributed by atoms with van der Waals surface area (Å²) in [4.78, 5) is 0. The van der Waals surface area contributed by atoms with Crippen molar-refractivity contribution >= 4 is 8.07 Å². The van der Waals surface area contributed by atoms with E-state index in [2.05, 4.69) is 27.7 Å². The van der Waals surface area contributed by atoms with Gasteiger partial charge in [0.05, 0.1) is 13.3 Å². The molecule has 0 spiro atoms. The van der Waals surface area contributed by atoms with E-state index in [-0.39, 0.29) is 0 Å². The number of unbranched alkanes of at least 4 members (excludes halogenated alkanes) is 2. The van der Waals surface area contributed by atoms with Crippen LogP contribution in [-0.4, -0.2) is 19.9 Å². The molecule has 1 nitrogen and oxygen atoms in total. The Morgan fingerprint density at radius 2 is 1.72 bits per heavy atom. The topological polar surface area (TPSA) is 9.23 Å². The zero-order valence-corrected chi connectivity index (χ0v) is 14.2. The highest BCUT2D eigenvalue weighted by atomic mass is 28.3. The lowest BCUT2D eigenvalue weighted by atomic mass is 10.1. The second kappa shape index (κ2) is 7.69. The van der Waals surface area contributed by atoms with Gasteiger partial charge in [0.2, 0.25) is 0 Å². The van der Waals surface area contributed by atoms with Gasteiger partial charge in [0.25, 0.3) is 0 Å². The van der Waals surface area contributed by atoms with E-state index < -0.39 is 8.07 Å². The molecular weight excluding hydrogens is 236 g/mol. The SMILES string of the molecule is CCCCCOC1(CC)CCCC[Si]1(CC)CC. The van der Waals surface area contributed by atoms with Crippen LogP contribution in [0.2, 0.25) is 18.1 Å². The highest BCUT2D eigenvalue weighted by molar-refractivity contribution is 6.82. The molecule has 1 saturated heterocycles. The maximum absolute atomic E-state index is 6.58. The van der Waals surface area contributed by atoms with Gasteiger partial charge in [-0.15, -0.1) is 0 Å². The van der Waals surface area contributed by atoms with Crippen LogP contribution < -0.4 is 0 Å². The van der Waals surface area contributed by atoms with Crippen LogP contribution in [-0.2, 0) is 4.74 Å². The lowest BCUT2D eigenvalue weighted by Gasteiger charge is -2.51. The molecule has 0 aromatic heterocycles. The summed E-state index contributed by atoms with van der Waals surface area (Å²) in [5, 5.41) is 0.322.